The highest BCUT2D eigenvalue weighted by Gasteiger charge is 2.15. The summed E-state index contributed by atoms with van der Waals surface area (Å²) < 4.78 is 10.4. The van der Waals surface area contributed by atoms with Crippen LogP contribution in [0.4, 0.5) is 0 Å². The molecule has 0 saturated heterocycles. The number of phenols is 1. The van der Waals surface area contributed by atoms with Crippen LogP contribution < -0.4 is 4.74 Å². The lowest BCUT2D eigenvalue weighted by molar-refractivity contribution is 0.407. The van der Waals surface area contributed by atoms with Gasteiger partial charge in [0.25, 0.3) is 0 Å². The topological polar surface area (TPSA) is 59.7 Å². The molecular formula is C11H8O4. The first-order chi connectivity index (χ1) is 7.27. The maximum atomic E-state index is 10.2. The van der Waals surface area contributed by atoms with Crippen molar-refractivity contribution in [2.24, 2.45) is 0 Å². The average Bonchev–Trinajstić information content (AvgIpc) is 2.58. The fourth-order valence-electron chi connectivity index (χ4n) is 1.46. The van der Waals surface area contributed by atoms with Gasteiger partial charge < -0.3 is 14.3 Å². The Morgan fingerprint density at radius 2 is 2.33 bits per heavy atom. The third-order valence-corrected chi connectivity index (χ3v) is 2.07. The lowest BCUT2D eigenvalue weighted by Gasteiger charge is -1.95. The van der Waals surface area contributed by atoms with Crippen molar-refractivity contribution in [1.82, 2.24) is 0 Å². The lowest BCUT2D eigenvalue weighted by Crippen LogP contribution is -1.82. The Kier molecular flexibility index (Phi) is 2.20. The Morgan fingerprint density at radius 3 is 3.00 bits per heavy atom. The molecule has 0 fully saturated rings. The second-order valence-corrected chi connectivity index (χ2v) is 2.92. The van der Waals surface area contributed by atoms with Crippen LogP contribution in [0.2, 0.25) is 0 Å². The van der Waals surface area contributed by atoms with E-state index < -0.39 is 0 Å². The van der Waals surface area contributed by atoms with E-state index in [9.17, 15) is 9.90 Å². The molecule has 0 radical (unpaired) electrons. The first kappa shape index (κ1) is 9.37. The quantitative estimate of drug-likeness (QED) is 0.760. The van der Waals surface area contributed by atoms with Gasteiger partial charge in [-0.05, 0) is 12.1 Å². The van der Waals surface area contributed by atoms with E-state index in [1.165, 1.54) is 13.2 Å². The van der Waals surface area contributed by atoms with Crippen LogP contribution in [0.3, 0.4) is 0 Å². The highest BCUT2D eigenvalue weighted by molar-refractivity contribution is 5.93. The van der Waals surface area contributed by atoms with Crippen molar-refractivity contribution in [2.45, 2.75) is 0 Å². The minimum Gasteiger partial charge on any atom is -0.504 e. The summed E-state index contributed by atoms with van der Waals surface area (Å²) in [7, 11) is 1.47. The van der Waals surface area contributed by atoms with Gasteiger partial charge in [-0.15, -0.1) is 0 Å². The van der Waals surface area contributed by atoms with Gasteiger partial charge in [0, 0.05) is 0 Å². The Hall–Kier alpha value is -2.19. The number of carbonyl (C=O) groups excluding carboxylic acids is 1. The molecule has 4 nitrogen and oxygen atoms in total. The first-order valence-electron chi connectivity index (χ1n) is 4.27. The number of phenolic OH excluding ortho intramolecular Hbond substituents is 1. The van der Waals surface area contributed by atoms with E-state index in [1.807, 2.05) is 0 Å². The number of aromatic hydroxyl groups is 1. The molecule has 0 bridgehead atoms. The molecule has 1 aromatic carbocycles. The molecule has 2 rings (SSSR count). The van der Waals surface area contributed by atoms with E-state index in [2.05, 4.69) is 0 Å². The van der Waals surface area contributed by atoms with Crippen LogP contribution in [0.15, 0.2) is 22.6 Å². The fourth-order valence-corrected chi connectivity index (χ4v) is 1.46. The molecule has 4 heteroatoms. The van der Waals surface area contributed by atoms with Crippen LogP contribution in [0.1, 0.15) is 5.76 Å². The van der Waals surface area contributed by atoms with E-state index in [4.69, 9.17) is 9.15 Å². The summed E-state index contributed by atoms with van der Waals surface area (Å²) in [6, 6.07) is 4.91. The van der Waals surface area contributed by atoms with Crippen molar-refractivity contribution in [1.29, 1.82) is 0 Å². The number of furan rings is 1. The van der Waals surface area contributed by atoms with E-state index in [1.54, 1.807) is 18.1 Å². The van der Waals surface area contributed by atoms with Gasteiger partial charge in [0.1, 0.15) is 5.94 Å². The number of ether oxygens (including phenoxy) is 1. The molecule has 1 N–H and O–H groups in total. The maximum Gasteiger partial charge on any atom is 0.181 e. The van der Waals surface area contributed by atoms with Gasteiger partial charge >= 0.3 is 0 Å². The highest BCUT2D eigenvalue weighted by Crippen LogP contribution is 2.37. The number of hydrogen-bond donors (Lipinski definition) is 1. The van der Waals surface area contributed by atoms with Crippen LogP contribution in [0, 0.1) is 0 Å². The van der Waals surface area contributed by atoms with Gasteiger partial charge in [0.2, 0.25) is 0 Å². The van der Waals surface area contributed by atoms with Crippen molar-refractivity contribution < 1.29 is 19.1 Å². The van der Waals surface area contributed by atoms with Gasteiger partial charge in [-0.3, -0.25) is 0 Å². The van der Waals surface area contributed by atoms with Crippen LogP contribution in [0.25, 0.3) is 17.0 Å². The van der Waals surface area contributed by atoms with Gasteiger partial charge in [-0.1, -0.05) is 6.07 Å². The molecule has 0 aliphatic heterocycles. The summed E-state index contributed by atoms with van der Waals surface area (Å²) in [6.07, 6.45) is 1.12. The Balaban J connectivity index is 2.84. The molecule has 0 unspecified atom stereocenters. The molecule has 0 saturated carbocycles. The zero-order valence-electron chi connectivity index (χ0n) is 7.98. The number of hydrogen-bond acceptors (Lipinski definition) is 4. The Morgan fingerprint density at radius 1 is 1.53 bits per heavy atom. The molecule has 76 valence electrons. The molecule has 1 aromatic heterocycles. The summed E-state index contributed by atoms with van der Waals surface area (Å²) in [6.45, 7) is 0. The number of benzene rings is 1. The van der Waals surface area contributed by atoms with Crippen LogP contribution in [-0.2, 0) is 4.79 Å². The minimum absolute atomic E-state index is 0.0105. The van der Waals surface area contributed by atoms with Gasteiger partial charge in [-0.25, -0.2) is 4.79 Å². The normalized spacial score (nSPS) is 9.93. The van der Waals surface area contributed by atoms with E-state index >= 15 is 0 Å². The van der Waals surface area contributed by atoms with Gasteiger partial charge in [0.05, 0.1) is 18.6 Å². The lowest BCUT2D eigenvalue weighted by atomic mass is 10.2. The minimum atomic E-state index is 0.0105. The van der Waals surface area contributed by atoms with E-state index in [0.29, 0.717) is 16.7 Å². The molecule has 0 amide bonds. The van der Waals surface area contributed by atoms with Crippen LogP contribution in [-0.4, -0.2) is 18.2 Å². The third kappa shape index (κ3) is 1.37. The average molecular weight is 204 g/mol. The predicted octanol–water partition coefficient (Wildman–Crippen LogP) is 1.99. The molecule has 0 aliphatic carbocycles. The molecule has 15 heavy (non-hydrogen) atoms. The van der Waals surface area contributed by atoms with Crippen molar-refractivity contribution in [3.05, 3.63) is 24.0 Å². The molecule has 2 aromatic rings. The van der Waals surface area contributed by atoms with Crippen molar-refractivity contribution in [3.8, 4) is 11.5 Å². The predicted molar refractivity (Wildman–Crippen MR) is 54.6 cm³/mol. The summed E-state index contributed by atoms with van der Waals surface area (Å²) in [4.78, 5) is 10.2. The zero-order chi connectivity index (χ0) is 10.8. The van der Waals surface area contributed by atoms with Gasteiger partial charge in [-0.2, -0.15) is 0 Å². The molecule has 0 atom stereocenters. The number of rotatable bonds is 2. The number of para-hydroxylation sites is 1. The fraction of sp³-hybridized carbons (Fsp3) is 0.0909. The van der Waals surface area contributed by atoms with Gasteiger partial charge in [0.15, 0.2) is 22.8 Å². The Bertz CT molecular complexity index is 547. The zero-order valence-corrected chi connectivity index (χ0v) is 7.98. The molecule has 0 spiro atoms. The summed E-state index contributed by atoms with van der Waals surface area (Å²) in [5, 5.41) is 10.1. The third-order valence-electron chi connectivity index (χ3n) is 2.07. The van der Waals surface area contributed by atoms with Crippen LogP contribution >= 0.6 is 0 Å². The second kappa shape index (κ2) is 3.52. The van der Waals surface area contributed by atoms with E-state index in [0.717, 1.165) is 6.08 Å². The molecule has 0 aliphatic rings. The maximum absolute atomic E-state index is 10.2. The largest absolute Gasteiger partial charge is 0.504 e. The second-order valence-electron chi connectivity index (χ2n) is 2.92. The highest BCUT2D eigenvalue weighted by atomic mass is 16.5. The monoisotopic (exact) mass is 204 g/mol. The molecule has 1 heterocycles. The summed E-state index contributed by atoms with van der Waals surface area (Å²) in [5.41, 5.74) is 0.302. The smallest absolute Gasteiger partial charge is 0.181 e. The summed E-state index contributed by atoms with van der Waals surface area (Å²) in [5.74, 6) is 2.29. The SMILES string of the molecule is COc1c(C=C=O)oc2c(O)cccc12. The first-order valence-corrected chi connectivity index (χ1v) is 4.27. The van der Waals surface area contributed by atoms with Crippen molar-refractivity contribution in [2.75, 3.05) is 7.11 Å². The van der Waals surface area contributed by atoms with E-state index in [-0.39, 0.29) is 11.5 Å². The number of fused-ring (bicyclic) bond motifs is 1. The number of methoxy groups -OCH3 is 1. The standard InChI is InChI=1S/C11H8O4/c1-14-11-7-3-2-4-8(13)10(7)15-9(11)5-6-12/h2-5,13H,1H3. The van der Waals surface area contributed by atoms with Crippen LogP contribution in [0.5, 0.6) is 11.5 Å². The summed E-state index contributed by atoms with van der Waals surface area (Å²) >= 11 is 0. The van der Waals surface area contributed by atoms with Crippen molar-refractivity contribution >= 4 is 23.0 Å². The Labute approximate surface area is 85.4 Å². The molecular weight excluding hydrogens is 196 g/mol. The van der Waals surface area contributed by atoms with Crippen molar-refractivity contribution in [3.63, 3.8) is 0 Å².